The van der Waals surface area contributed by atoms with Crippen LogP contribution >= 0.6 is 11.3 Å². The fraction of sp³-hybridized carbons (Fsp3) is 0.167. The number of nitrogens with zero attached hydrogens (tertiary/aromatic N) is 3. The molecule has 0 saturated heterocycles. The van der Waals surface area contributed by atoms with Gasteiger partial charge in [0.2, 0.25) is 5.01 Å². The summed E-state index contributed by atoms with van der Waals surface area (Å²) in [7, 11) is 1.69. The van der Waals surface area contributed by atoms with Crippen LogP contribution < -0.4 is 10.1 Å². The van der Waals surface area contributed by atoms with Gasteiger partial charge in [-0.05, 0) is 49.4 Å². The summed E-state index contributed by atoms with van der Waals surface area (Å²) in [6.45, 7) is 2.57. The molecule has 168 valence electrons. The highest BCUT2D eigenvalue weighted by Crippen LogP contribution is 2.18. The molecule has 2 heterocycles. The Morgan fingerprint density at radius 1 is 1.09 bits per heavy atom. The number of ether oxygens (including phenoxy) is 1. The number of benzene rings is 2. The number of anilines is 1. The number of rotatable bonds is 8. The summed E-state index contributed by atoms with van der Waals surface area (Å²) in [5, 5.41) is 11.6. The molecule has 0 aliphatic rings. The minimum Gasteiger partial charge on any atom is -0.486 e. The number of aryl methyl sites for hydroxylation is 1. The van der Waals surface area contributed by atoms with Crippen molar-refractivity contribution in [1.82, 2.24) is 15.1 Å². The van der Waals surface area contributed by atoms with Gasteiger partial charge in [-0.2, -0.15) is 0 Å². The van der Waals surface area contributed by atoms with Crippen molar-refractivity contribution >= 4 is 28.8 Å². The summed E-state index contributed by atoms with van der Waals surface area (Å²) in [6.07, 6.45) is 1.57. The minimum atomic E-state index is -0.400. The molecule has 2 aromatic heterocycles. The Morgan fingerprint density at radius 3 is 2.67 bits per heavy atom. The molecule has 0 aliphatic carbocycles. The molecule has 9 heteroatoms. The summed E-state index contributed by atoms with van der Waals surface area (Å²) >= 11 is 1.16. The lowest BCUT2D eigenvalue weighted by Crippen LogP contribution is -2.26. The van der Waals surface area contributed by atoms with E-state index in [1.165, 1.54) is 0 Å². The molecule has 33 heavy (non-hydrogen) atoms. The third-order valence-corrected chi connectivity index (χ3v) is 5.63. The van der Waals surface area contributed by atoms with E-state index < -0.39 is 5.91 Å². The van der Waals surface area contributed by atoms with Crippen LogP contribution in [0.25, 0.3) is 0 Å². The molecular formula is C24H22N4O4S. The van der Waals surface area contributed by atoms with Crippen LogP contribution in [-0.4, -0.2) is 34.0 Å². The van der Waals surface area contributed by atoms with E-state index in [-0.39, 0.29) is 17.5 Å². The second-order valence-electron chi connectivity index (χ2n) is 7.38. The Labute approximate surface area is 194 Å². The first kappa shape index (κ1) is 22.2. The fourth-order valence-electron chi connectivity index (χ4n) is 3.03. The molecule has 0 radical (unpaired) electrons. The Kier molecular flexibility index (Phi) is 6.80. The first-order valence-electron chi connectivity index (χ1n) is 10.2. The van der Waals surface area contributed by atoms with E-state index in [9.17, 15) is 9.59 Å². The molecule has 2 aromatic carbocycles. The maximum atomic E-state index is 12.7. The smallest absolute Gasteiger partial charge is 0.286 e. The van der Waals surface area contributed by atoms with Crippen LogP contribution in [0.3, 0.4) is 0 Å². The summed E-state index contributed by atoms with van der Waals surface area (Å²) in [5.74, 6) is 0.825. The van der Waals surface area contributed by atoms with E-state index in [1.54, 1.807) is 48.5 Å². The van der Waals surface area contributed by atoms with Gasteiger partial charge in [0.25, 0.3) is 11.8 Å². The second-order valence-corrected chi connectivity index (χ2v) is 8.44. The van der Waals surface area contributed by atoms with Crippen molar-refractivity contribution < 1.29 is 18.7 Å². The number of hydrogen-bond donors (Lipinski definition) is 1. The van der Waals surface area contributed by atoms with Crippen LogP contribution in [0.5, 0.6) is 5.75 Å². The zero-order chi connectivity index (χ0) is 23.2. The fourth-order valence-corrected chi connectivity index (χ4v) is 3.67. The molecule has 8 nitrogen and oxygen atoms in total. The average Bonchev–Trinajstić information content (AvgIpc) is 3.51. The van der Waals surface area contributed by atoms with Crippen LogP contribution in [0, 0.1) is 6.92 Å². The zero-order valence-corrected chi connectivity index (χ0v) is 19.0. The molecular weight excluding hydrogens is 440 g/mol. The van der Waals surface area contributed by atoms with Gasteiger partial charge in [0.1, 0.15) is 18.1 Å². The highest BCUT2D eigenvalue weighted by Gasteiger charge is 2.16. The second kappa shape index (κ2) is 10.1. The summed E-state index contributed by atoms with van der Waals surface area (Å²) in [5.41, 5.74) is 2.09. The van der Waals surface area contributed by atoms with E-state index in [0.29, 0.717) is 28.6 Å². The van der Waals surface area contributed by atoms with Crippen molar-refractivity contribution in [2.45, 2.75) is 20.1 Å². The normalized spacial score (nSPS) is 10.6. The molecule has 0 bridgehead atoms. The molecule has 4 rings (SSSR count). The lowest BCUT2D eigenvalue weighted by atomic mass is 10.1. The van der Waals surface area contributed by atoms with E-state index in [0.717, 1.165) is 22.6 Å². The van der Waals surface area contributed by atoms with Gasteiger partial charge in [0.05, 0.1) is 12.8 Å². The van der Waals surface area contributed by atoms with Crippen LogP contribution in [0.15, 0.2) is 71.3 Å². The topological polar surface area (TPSA) is 97.6 Å². The minimum absolute atomic E-state index is 0.186. The summed E-state index contributed by atoms with van der Waals surface area (Å²) < 4.78 is 11.0. The van der Waals surface area contributed by atoms with Crippen molar-refractivity contribution in [3.05, 3.63) is 93.8 Å². The lowest BCUT2D eigenvalue weighted by Gasteiger charge is -2.16. The number of aromatic nitrogens is 2. The highest BCUT2D eigenvalue weighted by atomic mass is 32.1. The van der Waals surface area contributed by atoms with E-state index in [4.69, 9.17) is 9.15 Å². The predicted molar refractivity (Wildman–Crippen MR) is 124 cm³/mol. The third-order valence-electron chi connectivity index (χ3n) is 4.73. The average molecular weight is 463 g/mol. The largest absolute Gasteiger partial charge is 0.486 e. The Hall–Kier alpha value is -3.98. The van der Waals surface area contributed by atoms with Crippen molar-refractivity contribution in [2.24, 2.45) is 0 Å². The molecule has 0 fully saturated rings. The number of nitrogens with one attached hydrogen (secondary N) is 1. The first-order valence-corrected chi connectivity index (χ1v) is 11.0. The van der Waals surface area contributed by atoms with Crippen molar-refractivity contribution in [1.29, 1.82) is 0 Å². The third kappa shape index (κ3) is 5.83. The number of hydrogen-bond acceptors (Lipinski definition) is 7. The Balaban J connectivity index is 1.35. The standard InChI is InChI=1S/C24H22N4O4S/c1-16-8-10-19(11-9-16)32-15-21-26-27-23(33-21)22(29)25-18-6-3-5-17(13-18)24(30)28(2)14-20-7-4-12-31-20/h3-13H,14-15H2,1-2H3,(H,25,29). The molecule has 1 N–H and O–H groups in total. The molecule has 0 aliphatic heterocycles. The Morgan fingerprint density at radius 2 is 1.91 bits per heavy atom. The molecule has 0 saturated carbocycles. The monoisotopic (exact) mass is 462 g/mol. The van der Waals surface area contributed by atoms with E-state index in [1.807, 2.05) is 37.3 Å². The molecule has 4 aromatic rings. The number of furan rings is 1. The van der Waals surface area contributed by atoms with Crippen molar-refractivity contribution in [3.63, 3.8) is 0 Å². The van der Waals surface area contributed by atoms with Gasteiger partial charge in [0.15, 0.2) is 5.01 Å². The number of carbonyl (C=O) groups excluding carboxylic acids is 2. The van der Waals surface area contributed by atoms with Gasteiger partial charge in [-0.25, -0.2) is 0 Å². The van der Waals surface area contributed by atoms with Crippen LogP contribution in [0.4, 0.5) is 5.69 Å². The maximum Gasteiger partial charge on any atom is 0.286 e. The molecule has 0 atom stereocenters. The van der Waals surface area contributed by atoms with Crippen LogP contribution in [0.2, 0.25) is 0 Å². The first-order chi connectivity index (χ1) is 16.0. The van der Waals surface area contributed by atoms with Gasteiger partial charge < -0.3 is 19.4 Å². The quantitative estimate of drug-likeness (QED) is 0.413. The number of carbonyl (C=O) groups is 2. The van der Waals surface area contributed by atoms with Gasteiger partial charge in [-0.3, -0.25) is 9.59 Å². The number of amides is 2. The van der Waals surface area contributed by atoms with Gasteiger partial charge in [0, 0.05) is 18.3 Å². The zero-order valence-electron chi connectivity index (χ0n) is 18.1. The van der Waals surface area contributed by atoms with Gasteiger partial charge in [-0.15, -0.1) is 10.2 Å². The van der Waals surface area contributed by atoms with Crippen LogP contribution in [0.1, 0.15) is 36.5 Å². The van der Waals surface area contributed by atoms with Crippen molar-refractivity contribution in [3.8, 4) is 5.75 Å². The van der Waals surface area contributed by atoms with Gasteiger partial charge in [-0.1, -0.05) is 35.1 Å². The summed E-state index contributed by atoms with van der Waals surface area (Å²) in [6, 6.07) is 18.0. The highest BCUT2D eigenvalue weighted by molar-refractivity contribution is 7.13. The van der Waals surface area contributed by atoms with Crippen LogP contribution in [-0.2, 0) is 13.2 Å². The Bertz CT molecular complexity index is 1240. The molecule has 2 amide bonds. The van der Waals surface area contributed by atoms with E-state index in [2.05, 4.69) is 15.5 Å². The summed E-state index contributed by atoms with van der Waals surface area (Å²) in [4.78, 5) is 26.9. The molecule has 0 unspecified atom stereocenters. The lowest BCUT2D eigenvalue weighted by molar-refractivity contribution is 0.0775. The SMILES string of the molecule is Cc1ccc(OCc2nnc(C(=O)Nc3cccc(C(=O)N(C)Cc4ccco4)c3)s2)cc1. The maximum absolute atomic E-state index is 12.7. The predicted octanol–water partition coefficient (Wildman–Crippen LogP) is 4.54. The van der Waals surface area contributed by atoms with Gasteiger partial charge >= 0.3 is 0 Å². The van der Waals surface area contributed by atoms with E-state index >= 15 is 0 Å². The molecule has 0 spiro atoms. The van der Waals surface area contributed by atoms with Crippen molar-refractivity contribution in [2.75, 3.05) is 12.4 Å².